The van der Waals surface area contributed by atoms with Crippen molar-refractivity contribution in [1.29, 1.82) is 0 Å². The molecule has 2 unspecified atom stereocenters. The molecule has 2 aliphatic rings. The van der Waals surface area contributed by atoms with Gasteiger partial charge in [0.25, 0.3) is 0 Å². The van der Waals surface area contributed by atoms with E-state index in [1.54, 1.807) is 0 Å². The summed E-state index contributed by atoms with van der Waals surface area (Å²) in [6, 6.07) is 11.4. The molecule has 1 aromatic rings. The van der Waals surface area contributed by atoms with Crippen molar-refractivity contribution in [2.24, 2.45) is 0 Å². The van der Waals surface area contributed by atoms with Crippen LogP contribution in [0.3, 0.4) is 0 Å². The lowest BCUT2D eigenvalue weighted by Crippen LogP contribution is -2.52. The van der Waals surface area contributed by atoms with Crippen LogP contribution >= 0.6 is 0 Å². The molecule has 2 fully saturated rings. The summed E-state index contributed by atoms with van der Waals surface area (Å²) >= 11 is 0. The molecular weight excluding hydrogens is 284 g/mol. The Morgan fingerprint density at radius 2 is 1.95 bits per heavy atom. The van der Waals surface area contributed by atoms with E-state index in [4.69, 9.17) is 0 Å². The fourth-order valence-electron chi connectivity index (χ4n) is 3.60. The van der Waals surface area contributed by atoms with Gasteiger partial charge in [-0.15, -0.1) is 0 Å². The van der Waals surface area contributed by atoms with Gasteiger partial charge in [0.05, 0.1) is 5.75 Å². The van der Waals surface area contributed by atoms with E-state index in [0.29, 0.717) is 18.6 Å². The van der Waals surface area contributed by atoms with Crippen molar-refractivity contribution in [1.82, 2.24) is 9.80 Å². The van der Waals surface area contributed by atoms with Crippen LogP contribution in [0.2, 0.25) is 0 Å². The van der Waals surface area contributed by atoms with Crippen molar-refractivity contribution in [3.63, 3.8) is 0 Å². The molecule has 0 saturated carbocycles. The highest BCUT2D eigenvalue weighted by Gasteiger charge is 2.36. The first-order chi connectivity index (χ1) is 10.0. The minimum Gasteiger partial charge on any atom is -0.297 e. The third-order valence-electron chi connectivity index (χ3n) is 4.73. The minimum atomic E-state index is -2.91. The second-order valence-electron chi connectivity index (χ2n) is 6.34. The average Bonchev–Trinajstić information content (AvgIpc) is 2.91. The monoisotopic (exact) mass is 308 g/mol. The summed E-state index contributed by atoms with van der Waals surface area (Å²) in [4.78, 5) is 4.96. The molecule has 116 valence electrons. The highest BCUT2D eigenvalue weighted by Crippen LogP contribution is 2.32. The number of benzene rings is 1. The van der Waals surface area contributed by atoms with Gasteiger partial charge in [0.15, 0.2) is 0 Å². The fraction of sp³-hybridized carbons (Fsp3) is 0.625. The summed E-state index contributed by atoms with van der Waals surface area (Å²) in [5.74, 6) is 0.253. The summed E-state index contributed by atoms with van der Waals surface area (Å²) in [6.07, 6.45) is 3.85. The molecule has 0 spiro atoms. The molecule has 0 amide bonds. The van der Waals surface area contributed by atoms with E-state index in [1.165, 1.54) is 31.2 Å². The maximum atomic E-state index is 11.5. The summed E-state index contributed by atoms with van der Waals surface area (Å²) in [6.45, 7) is 3.85. The first kappa shape index (κ1) is 15.0. The number of hydrogen-bond donors (Lipinski definition) is 0. The van der Waals surface area contributed by atoms with Gasteiger partial charge in [0, 0.05) is 38.0 Å². The number of rotatable bonds is 4. The lowest BCUT2D eigenvalue weighted by atomic mass is 10.00. The third kappa shape index (κ3) is 3.65. The Morgan fingerprint density at radius 3 is 2.67 bits per heavy atom. The third-order valence-corrected chi connectivity index (χ3v) is 5.65. The van der Waals surface area contributed by atoms with E-state index in [2.05, 4.69) is 34.1 Å². The predicted molar refractivity (Wildman–Crippen MR) is 85.1 cm³/mol. The summed E-state index contributed by atoms with van der Waals surface area (Å²) in [5, 5.41) is 0. The predicted octanol–water partition coefficient (Wildman–Crippen LogP) is 1.55. The standard InChI is InChI=1S/C16H24N2O2S/c1-21(19,20)11-10-18-12-15-8-5-9-17(15)13-16(18)14-6-3-2-4-7-14/h2-4,6-7,15-16H,5,8-13H2,1H3. The maximum absolute atomic E-state index is 11.5. The fourth-order valence-corrected chi connectivity index (χ4v) is 4.17. The van der Waals surface area contributed by atoms with Crippen molar-refractivity contribution in [3.8, 4) is 0 Å². The highest BCUT2D eigenvalue weighted by atomic mass is 32.2. The molecule has 2 atom stereocenters. The molecule has 3 rings (SSSR count). The Hall–Kier alpha value is -0.910. The maximum Gasteiger partial charge on any atom is 0.148 e. The van der Waals surface area contributed by atoms with E-state index in [9.17, 15) is 8.42 Å². The van der Waals surface area contributed by atoms with Crippen molar-refractivity contribution in [2.75, 3.05) is 38.2 Å². The quantitative estimate of drug-likeness (QED) is 0.846. The molecule has 0 radical (unpaired) electrons. The second-order valence-corrected chi connectivity index (χ2v) is 8.60. The van der Waals surface area contributed by atoms with Gasteiger partial charge >= 0.3 is 0 Å². The van der Waals surface area contributed by atoms with Gasteiger partial charge in [-0.25, -0.2) is 8.42 Å². The van der Waals surface area contributed by atoms with Crippen LogP contribution in [-0.2, 0) is 9.84 Å². The largest absolute Gasteiger partial charge is 0.297 e. The number of piperazine rings is 1. The topological polar surface area (TPSA) is 40.6 Å². The lowest BCUT2D eigenvalue weighted by molar-refractivity contribution is 0.0551. The van der Waals surface area contributed by atoms with Gasteiger partial charge in [-0.3, -0.25) is 9.80 Å². The van der Waals surface area contributed by atoms with Crippen LogP contribution in [0.25, 0.3) is 0 Å². The molecule has 2 aliphatic heterocycles. The molecule has 21 heavy (non-hydrogen) atoms. The van der Waals surface area contributed by atoms with Gasteiger partial charge in [-0.05, 0) is 24.9 Å². The molecule has 0 aromatic heterocycles. The zero-order chi connectivity index (χ0) is 14.9. The van der Waals surface area contributed by atoms with Crippen LogP contribution in [0.5, 0.6) is 0 Å². The van der Waals surface area contributed by atoms with Crippen LogP contribution in [0.4, 0.5) is 0 Å². The average molecular weight is 308 g/mol. The number of fused-ring (bicyclic) bond motifs is 1. The Labute approximate surface area is 127 Å². The van der Waals surface area contributed by atoms with Crippen molar-refractivity contribution >= 4 is 9.84 Å². The number of nitrogens with zero attached hydrogens (tertiary/aromatic N) is 2. The van der Waals surface area contributed by atoms with Gasteiger partial charge in [0.1, 0.15) is 9.84 Å². The van der Waals surface area contributed by atoms with Crippen LogP contribution in [-0.4, -0.2) is 62.4 Å². The normalized spacial score (nSPS) is 27.7. The zero-order valence-electron chi connectivity index (χ0n) is 12.6. The SMILES string of the molecule is CS(=O)(=O)CCN1CC2CCCN2CC1c1ccccc1. The Kier molecular flexibility index (Phi) is 4.33. The Balaban J connectivity index is 1.79. The summed E-state index contributed by atoms with van der Waals surface area (Å²) < 4.78 is 23.0. The first-order valence-electron chi connectivity index (χ1n) is 7.74. The molecule has 0 N–H and O–H groups in total. The molecule has 5 heteroatoms. The van der Waals surface area contributed by atoms with E-state index in [-0.39, 0.29) is 5.75 Å². The number of hydrogen-bond acceptors (Lipinski definition) is 4. The van der Waals surface area contributed by atoms with Gasteiger partial charge in [-0.2, -0.15) is 0 Å². The van der Waals surface area contributed by atoms with Gasteiger partial charge < -0.3 is 0 Å². The summed E-state index contributed by atoms with van der Waals surface area (Å²) in [7, 11) is -2.91. The molecule has 1 aromatic carbocycles. The van der Waals surface area contributed by atoms with Crippen LogP contribution in [0.15, 0.2) is 30.3 Å². The van der Waals surface area contributed by atoms with Crippen LogP contribution in [0, 0.1) is 0 Å². The van der Waals surface area contributed by atoms with E-state index in [1.807, 2.05) is 6.07 Å². The number of sulfone groups is 1. The molecule has 4 nitrogen and oxygen atoms in total. The molecule has 0 bridgehead atoms. The highest BCUT2D eigenvalue weighted by molar-refractivity contribution is 7.90. The van der Waals surface area contributed by atoms with Gasteiger partial charge in [0.2, 0.25) is 0 Å². The van der Waals surface area contributed by atoms with Crippen LogP contribution in [0.1, 0.15) is 24.4 Å². The molecule has 0 aliphatic carbocycles. The van der Waals surface area contributed by atoms with Crippen LogP contribution < -0.4 is 0 Å². The molecule has 2 heterocycles. The van der Waals surface area contributed by atoms with Crippen molar-refractivity contribution in [3.05, 3.63) is 35.9 Å². The molecule has 2 saturated heterocycles. The zero-order valence-corrected chi connectivity index (χ0v) is 13.4. The molecular formula is C16H24N2O2S. The van der Waals surface area contributed by atoms with Crippen molar-refractivity contribution < 1.29 is 8.42 Å². The van der Waals surface area contributed by atoms with E-state index < -0.39 is 9.84 Å². The van der Waals surface area contributed by atoms with E-state index in [0.717, 1.165) is 13.1 Å². The minimum absolute atomic E-state index is 0.253. The first-order valence-corrected chi connectivity index (χ1v) is 9.80. The smallest absolute Gasteiger partial charge is 0.148 e. The Morgan fingerprint density at radius 1 is 1.19 bits per heavy atom. The summed E-state index contributed by atoms with van der Waals surface area (Å²) in [5.41, 5.74) is 1.30. The van der Waals surface area contributed by atoms with E-state index >= 15 is 0 Å². The second kappa shape index (κ2) is 6.07. The lowest BCUT2D eigenvalue weighted by Gasteiger charge is -2.44. The van der Waals surface area contributed by atoms with Gasteiger partial charge in [-0.1, -0.05) is 30.3 Å². The Bertz CT molecular complexity index is 573. The van der Waals surface area contributed by atoms with Crippen molar-refractivity contribution in [2.45, 2.75) is 24.9 Å².